The van der Waals surface area contributed by atoms with E-state index in [4.69, 9.17) is 4.74 Å². The van der Waals surface area contributed by atoms with Crippen molar-refractivity contribution < 1.29 is 14.3 Å². The third-order valence-corrected chi connectivity index (χ3v) is 7.71. The lowest BCUT2D eigenvalue weighted by Crippen LogP contribution is -2.61. The average molecular weight is 411 g/mol. The van der Waals surface area contributed by atoms with E-state index in [0.29, 0.717) is 0 Å². The molecule has 4 saturated carbocycles. The van der Waals surface area contributed by atoms with Crippen LogP contribution in [-0.4, -0.2) is 28.5 Å². The molecule has 1 aromatic heterocycles. The van der Waals surface area contributed by atoms with Crippen LogP contribution in [0.25, 0.3) is 10.6 Å². The summed E-state index contributed by atoms with van der Waals surface area (Å²) in [5.74, 6) is 1.54. The Labute approximate surface area is 174 Å². The van der Waals surface area contributed by atoms with Gasteiger partial charge in [0.2, 0.25) is 0 Å². The Morgan fingerprint density at radius 3 is 2.34 bits per heavy atom. The highest BCUT2D eigenvalue weighted by atomic mass is 32.1. The highest BCUT2D eigenvalue weighted by Crippen LogP contribution is 2.55. The number of aromatic nitrogens is 1. The molecule has 1 atom stereocenters. The second kappa shape index (κ2) is 7.24. The number of carbonyl (C=O) groups excluding carboxylic acids is 2. The summed E-state index contributed by atoms with van der Waals surface area (Å²) in [4.78, 5) is 29.7. The Hall–Kier alpha value is -2.21. The summed E-state index contributed by atoms with van der Waals surface area (Å²) in [6.45, 7) is 1.65. The van der Waals surface area contributed by atoms with Gasteiger partial charge in [0, 0.05) is 16.5 Å². The van der Waals surface area contributed by atoms with Crippen LogP contribution in [0.15, 0.2) is 35.7 Å². The van der Waals surface area contributed by atoms with Gasteiger partial charge in [-0.3, -0.25) is 4.79 Å². The first-order valence-corrected chi connectivity index (χ1v) is 11.4. The maximum atomic E-state index is 12.8. The Bertz CT molecular complexity index is 888. The fourth-order valence-electron chi connectivity index (χ4n) is 5.98. The van der Waals surface area contributed by atoms with E-state index in [9.17, 15) is 9.59 Å². The van der Waals surface area contributed by atoms with Gasteiger partial charge in [-0.2, -0.15) is 0 Å². The number of amides is 1. The number of carbonyl (C=O) groups is 2. The molecule has 0 spiro atoms. The molecule has 6 heteroatoms. The predicted octanol–water partition coefficient (Wildman–Crippen LogP) is 4.44. The van der Waals surface area contributed by atoms with Gasteiger partial charge in [0.15, 0.2) is 11.8 Å². The van der Waals surface area contributed by atoms with Crippen LogP contribution < -0.4 is 5.32 Å². The molecule has 0 aliphatic heterocycles. The summed E-state index contributed by atoms with van der Waals surface area (Å²) in [5.41, 5.74) is 1.14. The molecule has 0 unspecified atom stereocenters. The highest BCUT2D eigenvalue weighted by Gasteiger charge is 2.51. The van der Waals surface area contributed by atoms with Crippen LogP contribution in [0, 0.1) is 17.8 Å². The lowest BCUT2D eigenvalue weighted by molar-refractivity contribution is -0.134. The first-order valence-electron chi connectivity index (χ1n) is 10.5. The predicted molar refractivity (Wildman–Crippen MR) is 111 cm³/mol. The number of esters is 1. The second-order valence-corrected chi connectivity index (χ2v) is 10.00. The normalized spacial score (nSPS) is 30.7. The third kappa shape index (κ3) is 3.70. The smallest absolute Gasteiger partial charge is 0.358 e. The molecule has 1 amide bonds. The van der Waals surface area contributed by atoms with E-state index in [1.54, 1.807) is 12.3 Å². The molecule has 29 heavy (non-hydrogen) atoms. The van der Waals surface area contributed by atoms with E-state index in [1.165, 1.54) is 30.6 Å². The molecular formula is C23H26N2O3S. The molecule has 4 aliphatic rings. The molecule has 5 nitrogen and oxygen atoms in total. The summed E-state index contributed by atoms with van der Waals surface area (Å²) in [5, 5.41) is 5.73. The fourth-order valence-corrected chi connectivity index (χ4v) is 6.78. The number of benzene rings is 1. The molecule has 1 N–H and O–H groups in total. The largest absolute Gasteiger partial charge is 0.448 e. The molecule has 152 valence electrons. The van der Waals surface area contributed by atoms with Gasteiger partial charge in [0.25, 0.3) is 5.91 Å². The Morgan fingerprint density at radius 1 is 1.10 bits per heavy atom. The molecule has 4 fully saturated rings. The summed E-state index contributed by atoms with van der Waals surface area (Å²) in [7, 11) is 0. The van der Waals surface area contributed by atoms with Crippen molar-refractivity contribution in [3.63, 3.8) is 0 Å². The minimum absolute atomic E-state index is 0.0758. The van der Waals surface area contributed by atoms with Crippen LogP contribution in [-0.2, 0) is 9.53 Å². The Kier molecular flexibility index (Phi) is 4.69. The minimum Gasteiger partial charge on any atom is -0.448 e. The van der Waals surface area contributed by atoms with Crippen molar-refractivity contribution in [2.75, 3.05) is 0 Å². The summed E-state index contributed by atoms with van der Waals surface area (Å²) in [6.07, 6.45) is 6.40. The first kappa shape index (κ1) is 18.8. The molecule has 6 rings (SSSR count). The van der Waals surface area contributed by atoms with E-state index < -0.39 is 12.1 Å². The van der Waals surface area contributed by atoms with E-state index in [-0.39, 0.29) is 17.1 Å². The van der Waals surface area contributed by atoms with E-state index in [2.05, 4.69) is 10.3 Å². The summed E-state index contributed by atoms with van der Waals surface area (Å²) >= 11 is 1.40. The molecule has 1 heterocycles. The number of thiazole rings is 1. The van der Waals surface area contributed by atoms with Gasteiger partial charge in [0.05, 0.1) is 0 Å². The van der Waals surface area contributed by atoms with Gasteiger partial charge in [-0.1, -0.05) is 30.3 Å². The van der Waals surface area contributed by atoms with Crippen molar-refractivity contribution in [1.82, 2.24) is 10.3 Å². The molecule has 4 bridgehead atoms. The van der Waals surface area contributed by atoms with Crippen LogP contribution in [0.3, 0.4) is 0 Å². The quantitative estimate of drug-likeness (QED) is 0.740. The average Bonchev–Trinajstić information content (AvgIpc) is 3.17. The number of hydrogen-bond acceptors (Lipinski definition) is 5. The lowest BCUT2D eigenvalue weighted by atomic mass is 9.53. The zero-order valence-corrected chi connectivity index (χ0v) is 17.4. The maximum absolute atomic E-state index is 12.8. The summed E-state index contributed by atoms with van der Waals surface area (Å²) in [6, 6.07) is 9.72. The van der Waals surface area contributed by atoms with Gasteiger partial charge >= 0.3 is 5.97 Å². The molecule has 0 radical (unpaired) electrons. The summed E-state index contributed by atoms with van der Waals surface area (Å²) < 4.78 is 5.45. The Morgan fingerprint density at radius 2 is 1.72 bits per heavy atom. The van der Waals surface area contributed by atoms with Crippen molar-refractivity contribution in [3.8, 4) is 10.6 Å². The number of nitrogens with zero attached hydrogens (tertiary/aromatic N) is 1. The van der Waals surface area contributed by atoms with Crippen LogP contribution in [0.2, 0.25) is 0 Å². The number of nitrogens with one attached hydrogen (secondary N) is 1. The molecule has 2 aromatic rings. The zero-order valence-electron chi connectivity index (χ0n) is 16.6. The highest BCUT2D eigenvalue weighted by molar-refractivity contribution is 7.13. The van der Waals surface area contributed by atoms with Gasteiger partial charge < -0.3 is 10.1 Å². The number of ether oxygens (including phenoxy) is 1. The number of rotatable bonds is 5. The first-order chi connectivity index (χ1) is 14.0. The van der Waals surface area contributed by atoms with Crippen molar-refractivity contribution in [1.29, 1.82) is 0 Å². The number of hydrogen-bond donors (Lipinski definition) is 1. The van der Waals surface area contributed by atoms with Crippen LogP contribution in [0.4, 0.5) is 0 Å². The maximum Gasteiger partial charge on any atom is 0.358 e. The standard InChI is InChI=1S/C23H26N2O3S/c1-14(20(26)25-23-10-15-7-16(11-23)9-17(8-15)12-23)28-22(27)19-13-29-21(24-19)18-5-3-2-4-6-18/h2-6,13-17H,7-12H2,1H3,(H,25,26)/t14-,15?,16?,17?,23?/m0/s1. The van der Waals surface area contributed by atoms with Gasteiger partial charge in [-0.25, -0.2) is 9.78 Å². The van der Waals surface area contributed by atoms with Crippen LogP contribution >= 0.6 is 11.3 Å². The zero-order chi connectivity index (χ0) is 20.0. The monoisotopic (exact) mass is 410 g/mol. The van der Waals surface area contributed by atoms with Gasteiger partial charge in [0.1, 0.15) is 5.01 Å². The Balaban J connectivity index is 1.21. The molecular weight excluding hydrogens is 384 g/mol. The molecule has 0 saturated heterocycles. The van der Waals surface area contributed by atoms with E-state index >= 15 is 0 Å². The topological polar surface area (TPSA) is 68.3 Å². The van der Waals surface area contributed by atoms with Crippen molar-refractivity contribution in [2.45, 2.75) is 57.1 Å². The van der Waals surface area contributed by atoms with Crippen molar-refractivity contribution in [3.05, 3.63) is 41.4 Å². The van der Waals surface area contributed by atoms with E-state index in [1.807, 2.05) is 30.3 Å². The molecule has 1 aromatic carbocycles. The van der Waals surface area contributed by atoms with Crippen molar-refractivity contribution in [2.24, 2.45) is 17.8 Å². The SMILES string of the molecule is C[C@H](OC(=O)c1csc(-c2ccccc2)n1)C(=O)NC12CC3CC(CC(C3)C1)C2. The van der Waals surface area contributed by atoms with E-state index in [0.717, 1.165) is 47.6 Å². The fraction of sp³-hybridized carbons (Fsp3) is 0.522. The lowest BCUT2D eigenvalue weighted by Gasteiger charge is -2.57. The minimum atomic E-state index is -0.822. The van der Waals surface area contributed by atoms with Crippen LogP contribution in [0.5, 0.6) is 0 Å². The third-order valence-electron chi connectivity index (χ3n) is 6.81. The van der Waals surface area contributed by atoms with Crippen LogP contribution in [0.1, 0.15) is 55.9 Å². The van der Waals surface area contributed by atoms with Crippen molar-refractivity contribution >= 4 is 23.2 Å². The second-order valence-electron chi connectivity index (χ2n) is 9.14. The van der Waals surface area contributed by atoms with Gasteiger partial charge in [-0.15, -0.1) is 11.3 Å². The molecule has 4 aliphatic carbocycles. The van der Waals surface area contributed by atoms with Gasteiger partial charge in [-0.05, 0) is 63.2 Å².